The van der Waals surface area contributed by atoms with Crippen molar-refractivity contribution in [3.05, 3.63) is 94.0 Å². The van der Waals surface area contributed by atoms with Gasteiger partial charge in [0.1, 0.15) is 17.3 Å². The van der Waals surface area contributed by atoms with Crippen LogP contribution in [0.1, 0.15) is 67.3 Å². The van der Waals surface area contributed by atoms with Crippen molar-refractivity contribution in [2.45, 2.75) is 52.5 Å². The minimum Gasteiger partial charge on any atom is -0.497 e. The second kappa shape index (κ2) is 12.6. The summed E-state index contributed by atoms with van der Waals surface area (Å²) in [6.07, 6.45) is 3.42. The van der Waals surface area contributed by atoms with Gasteiger partial charge in [0.2, 0.25) is 0 Å². The minimum atomic E-state index is -0.440. The quantitative estimate of drug-likeness (QED) is 0.208. The number of carbonyl (C=O) groups excluding carboxylic acids is 1. The minimum absolute atomic E-state index is 0.151. The molecule has 0 N–H and O–H groups in total. The average Bonchev–Trinajstić information content (AvgIpc) is 2.97. The smallest absolute Gasteiger partial charge is 0.266 e. The van der Waals surface area contributed by atoms with E-state index in [2.05, 4.69) is 6.92 Å². The molecular weight excluding hydrogens is 490 g/mol. The van der Waals surface area contributed by atoms with Gasteiger partial charge < -0.3 is 14.4 Å². The number of hydrogen-bond donors (Lipinski definition) is 0. The van der Waals surface area contributed by atoms with Gasteiger partial charge in [0.05, 0.1) is 36.9 Å². The Morgan fingerprint density at radius 2 is 1.62 bits per heavy atom. The van der Waals surface area contributed by atoms with E-state index in [0.29, 0.717) is 46.8 Å². The van der Waals surface area contributed by atoms with E-state index in [1.165, 1.54) is 0 Å². The van der Waals surface area contributed by atoms with Gasteiger partial charge in [-0.1, -0.05) is 56.5 Å². The molecule has 0 radical (unpaired) electrons. The lowest BCUT2D eigenvalue weighted by Crippen LogP contribution is -2.39. The maximum atomic E-state index is 14.2. The largest absolute Gasteiger partial charge is 0.497 e. The third kappa shape index (κ3) is 5.98. The number of methoxy groups -OCH3 is 2. The number of aromatic nitrogens is 2. The Hall–Kier alpha value is -4.13. The second-order valence-corrected chi connectivity index (χ2v) is 9.69. The van der Waals surface area contributed by atoms with Gasteiger partial charge in [0.15, 0.2) is 0 Å². The van der Waals surface area contributed by atoms with Crippen molar-refractivity contribution in [1.29, 1.82) is 0 Å². The number of rotatable bonds is 11. The lowest BCUT2D eigenvalue weighted by molar-refractivity contribution is 0.0654. The Bertz CT molecular complexity index is 1470. The number of unbranched alkanes of at least 4 members (excludes halogenated alkanes) is 2. The lowest BCUT2D eigenvalue weighted by atomic mass is 10.1. The molecule has 0 aliphatic carbocycles. The van der Waals surface area contributed by atoms with E-state index in [9.17, 15) is 9.59 Å². The zero-order valence-corrected chi connectivity index (χ0v) is 23.4. The van der Waals surface area contributed by atoms with Crippen LogP contribution < -0.4 is 15.0 Å². The Balaban J connectivity index is 1.92. The fourth-order valence-electron chi connectivity index (χ4n) is 4.89. The molecule has 0 aliphatic heterocycles. The van der Waals surface area contributed by atoms with Crippen LogP contribution in [0.2, 0.25) is 0 Å². The van der Waals surface area contributed by atoms with Gasteiger partial charge in [-0.3, -0.25) is 14.2 Å². The van der Waals surface area contributed by atoms with Crippen molar-refractivity contribution >= 4 is 16.8 Å². The van der Waals surface area contributed by atoms with Crippen LogP contribution in [-0.2, 0) is 0 Å². The van der Waals surface area contributed by atoms with Crippen LogP contribution in [0.3, 0.4) is 0 Å². The normalized spacial score (nSPS) is 11.8. The highest BCUT2D eigenvalue weighted by Crippen LogP contribution is 2.30. The Labute approximate surface area is 230 Å². The van der Waals surface area contributed by atoms with Crippen LogP contribution in [0, 0.1) is 6.92 Å². The summed E-state index contributed by atoms with van der Waals surface area (Å²) in [7, 11) is 3.13. The first-order valence-electron chi connectivity index (χ1n) is 13.5. The molecule has 0 bridgehead atoms. The molecule has 1 atom stereocenters. The third-order valence-electron chi connectivity index (χ3n) is 7.02. The molecule has 1 aromatic heterocycles. The first kappa shape index (κ1) is 27.9. The van der Waals surface area contributed by atoms with Gasteiger partial charge in [0.25, 0.3) is 11.5 Å². The van der Waals surface area contributed by atoms with Gasteiger partial charge in [-0.2, -0.15) is 0 Å². The molecule has 0 fully saturated rings. The predicted molar refractivity (Wildman–Crippen MR) is 155 cm³/mol. The van der Waals surface area contributed by atoms with E-state index in [0.717, 1.165) is 30.5 Å². The average molecular weight is 528 g/mol. The summed E-state index contributed by atoms with van der Waals surface area (Å²) in [4.78, 5) is 35.0. The summed E-state index contributed by atoms with van der Waals surface area (Å²) < 4.78 is 12.5. The van der Waals surface area contributed by atoms with E-state index in [4.69, 9.17) is 14.5 Å². The predicted octanol–water partition coefficient (Wildman–Crippen LogP) is 6.50. The zero-order chi connectivity index (χ0) is 27.9. The van der Waals surface area contributed by atoms with Crippen LogP contribution >= 0.6 is 0 Å². The number of aryl methyl sites for hydroxylation is 1. The fraction of sp³-hybridized carbons (Fsp3) is 0.344. The summed E-state index contributed by atoms with van der Waals surface area (Å²) in [5.41, 5.74) is 2.75. The number of carbonyl (C=O) groups is 1. The van der Waals surface area contributed by atoms with Crippen molar-refractivity contribution in [2.24, 2.45) is 0 Å². The van der Waals surface area contributed by atoms with Crippen LogP contribution in [-0.4, -0.2) is 41.1 Å². The molecule has 7 nitrogen and oxygen atoms in total. The van der Waals surface area contributed by atoms with Crippen molar-refractivity contribution < 1.29 is 14.3 Å². The fourth-order valence-corrected chi connectivity index (χ4v) is 4.89. The maximum absolute atomic E-state index is 14.2. The van der Waals surface area contributed by atoms with Crippen molar-refractivity contribution in [3.63, 3.8) is 0 Å². The van der Waals surface area contributed by atoms with E-state index in [1.54, 1.807) is 43.1 Å². The van der Waals surface area contributed by atoms with Gasteiger partial charge in [-0.25, -0.2) is 4.98 Å². The third-order valence-corrected chi connectivity index (χ3v) is 7.02. The Morgan fingerprint density at radius 1 is 0.949 bits per heavy atom. The van der Waals surface area contributed by atoms with Crippen molar-refractivity contribution in [3.8, 4) is 17.2 Å². The van der Waals surface area contributed by atoms with Crippen LogP contribution in [0.25, 0.3) is 16.6 Å². The van der Waals surface area contributed by atoms with E-state index < -0.39 is 6.04 Å². The van der Waals surface area contributed by atoms with Crippen molar-refractivity contribution in [2.75, 3.05) is 20.8 Å². The van der Waals surface area contributed by atoms with Gasteiger partial charge >= 0.3 is 0 Å². The van der Waals surface area contributed by atoms with E-state index in [-0.39, 0.29) is 11.5 Å². The monoisotopic (exact) mass is 527 g/mol. The van der Waals surface area contributed by atoms with Gasteiger partial charge in [0, 0.05) is 18.2 Å². The number of fused-ring (bicyclic) bond motifs is 1. The molecular formula is C32H37N3O4. The van der Waals surface area contributed by atoms with E-state index >= 15 is 0 Å². The molecule has 0 aliphatic rings. The van der Waals surface area contributed by atoms with E-state index in [1.807, 2.05) is 61.2 Å². The molecule has 0 spiro atoms. The van der Waals surface area contributed by atoms with Crippen LogP contribution in [0.15, 0.2) is 71.5 Å². The van der Waals surface area contributed by atoms with Gasteiger partial charge in [-0.15, -0.1) is 0 Å². The topological polar surface area (TPSA) is 73.7 Å². The SMILES string of the molecule is CCCCCN(C(=O)c1cc(OC)cc(OC)c1)C(CC)c1nc2ccccc2c(=O)n1-c1ccc(C)cc1. The molecule has 4 rings (SSSR count). The number of amides is 1. The van der Waals surface area contributed by atoms with Crippen molar-refractivity contribution in [1.82, 2.24) is 14.5 Å². The number of hydrogen-bond acceptors (Lipinski definition) is 5. The highest BCUT2D eigenvalue weighted by atomic mass is 16.5. The number of nitrogens with zero attached hydrogens (tertiary/aromatic N) is 3. The highest BCUT2D eigenvalue weighted by Gasteiger charge is 2.30. The molecule has 0 saturated carbocycles. The lowest BCUT2D eigenvalue weighted by Gasteiger charge is -2.33. The molecule has 7 heteroatoms. The maximum Gasteiger partial charge on any atom is 0.266 e. The molecule has 3 aromatic carbocycles. The summed E-state index contributed by atoms with van der Waals surface area (Å²) in [5, 5.41) is 0.540. The molecule has 4 aromatic rings. The van der Waals surface area contributed by atoms with Crippen LogP contribution in [0.5, 0.6) is 11.5 Å². The summed E-state index contributed by atoms with van der Waals surface area (Å²) in [6, 6.07) is 20.0. The first-order chi connectivity index (χ1) is 18.9. The second-order valence-electron chi connectivity index (χ2n) is 9.69. The molecule has 1 unspecified atom stereocenters. The molecule has 204 valence electrons. The zero-order valence-electron chi connectivity index (χ0n) is 23.4. The Kier molecular flexibility index (Phi) is 9.02. The Morgan fingerprint density at radius 3 is 2.23 bits per heavy atom. The summed E-state index contributed by atoms with van der Waals surface area (Å²) in [6.45, 7) is 6.70. The van der Waals surface area contributed by atoms with Gasteiger partial charge in [-0.05, 0) is 56.2 Å². The molecule has 1 heterocycles. The number of benzene rings is 3. The van der Waals surface area contributed by atoms with Crippen LogP contribution in [0.4, 0.5) is 0 Å². The highest BCUT2D eigenvalue weighted by molar-refractivity contribution is 5.95. The molecule has 1 amide bonds. The standard InChI is InChI=1S/C32H37N3O4/c1-6-8-11-18-34(31(36)23-19-25(38-4)21-26(20-23)39-5)29(7-2)30-33-28-13-10-9-12-27(28)32(37)35(30)24-16-14-22(3)15-17-24/h9-10,12-17,19-21,29H,6-8,11,18H2,1-5H3. The molecule has 39 heavy (non-hydrogen) atoms. The number of ether oxygens (including phenoxy) is 2. The summed E-state index contributed by atoms with van der Waals surface area (Å²) >= 11 is 0. The molecule has 0 saturated heterocycles. The summed E-state index contributed by atoms with van der Waals surface area (Å²) in [5.74, 6) is 1.47. The number of para-hydroxylation sites is 1. The first-order valence-corrected chi connectivity index (χ1v) is 13.5.